The van der Waals surface area contributed by atoms with Crippen LogP contribution in [0, 0.1) is 17.4 Å². The minimum atomic E-state index is -1.64. The molecule has 0 aromatic carbocycles. The van der Waals surface area contributed by atoms with Gasteiger partial charge in [-0.05, 0) is 12.0 Å². The molecule has 3 heteroatoms. The third-order valence-electron chi connectivity index (χ3n) is 2.85. The second-order valence-electron chi connectivity index (χ2n) is 5.20. The Hall–Kier alpha value is -0.753. The predicted molar refractivity (Wildman–Crippen MR) is 61.8 cm³/mol. The zero-order chi connectivity index (χ0) is 11.6. The molecule has 1 N–H and O–H groups in total. The van der Waals surface area contributed by atoms with E-state index in [-0.39, 0.29) is 5.04 Å². The summed E-state index contributed by atoms with van der Waals surface area (Å²) >= 11 is 0. The Morgan fingerprint density at radius 1 is 1.36 bits per heavy atom. The lowest BCUT2D eigenvalue weighted by Gasteiger charge is -2.31. The van der Waals surface area contributed by atoms with Crippen molar-refractivity contribution in [3.05, 3.63) is 0 Å². The Morgan fingerprint density at radius 3 is 2.07 bits per heavy atom. The van der Waals surface area contributed by atoms with Crippen LogP contribution in [0.25, 0.3) is 0 Å². The molecule has 0 spiro atoms. The van der Waals surface area contributed by atoms with E-state index >= 15 is 0 Å². The molecule has 0 saturated carbocycles. The van der Waals surface area contributed by atoms with E-state index in [2.05, 4.69) is 45.3 Å². The Bertz CT molecular complexity index is 276. The number of aliphatic carboxylic acids is 1. The van der Waals surface area contributed by atoms with Crippen molar-refractivity contribution in [2.24, 2.45) is 5.92 Å². The van der Waals surface area contributed by atoms with Crippen molar-refractivity contribution in [1.82, 2.24) is 0 Å². The normalized spacial score (nSPS) is 14.1. The van der Waals surface area contributed by atoms with Crippen LogP contribution < -0.4 is 0 Å². The molecule has 2 nitrogen and oxygen atoms in total. The standard InChI is InChI=1S/C11H20O2Si/c1-9(10(12)13)7-8-14(5,6)11(2,3)4/h9H,1-6H3,(H,12,13). The molecule has 0 aliphatic carbocycles. The maximum atomic E-state index is 10.6. The summed E-state index contributed by atoms with van der Waals surface area (Å²) in [5.74, 6) is 1.45. The van der Waals surface area contributed by atoms with E-state index < -0.39 is 20.0 Å². The first kappa shape index (κ1) is 13.2. The number of carboxylic acids is 1. The van der Waals surface area contributed by atoms with Crippen LogP contribution in [0.4, 0.5) is 0 Å². The summed E-state index contributed by atoms with van der Waals surface area (Å²) in [7, 11) is -1.64. The Morgan fingerprint density at radius 2 is 1.79 bits per heavy atom. The number of rotatable bonds is 1. The average Bonchev–Trinajstić information content (AvgIpc) is 1.97. The van der Waals surface area contributed by atoms with E-state index in [1.807, 2.05) is 0 Å². The average molecular weight is 212 g/mol. The van der Waals surface area contributed by atoms with Crippen molar-refractivity contribution in [3.8, 4) is 11.5 Å². The summed E-state index contributed by atoms with van der Waals surface area (Å²) in [6, 6.07) is 0. The Labute approximate surface area is 87.7 Å². The summed E-state index contributed by atoms with van der Waals surface area (Å²) < 4.78 is 0. The Kier molecular flexibility index (Phi) is 3.96. The van der Waals surface area contributed by atoms with Crippen LogP contribution in [-0.4, -0.2) is 19.1 Å². The lowest BCUT2D eigenvalue weighted by atomic mass is 10.2. The fourth-order valence-corrected chi connectivity index (χ4v) is 1.49. The molecule has 0 fully saturated rings. The number of carboxylic acid groups (broad SMARTS) is 1. The largest absolute Gasteiger partial charge is 0.480 e. The van der Waals surface area contributed by atoms with Crippen LogP contribution in [0.1, 0.15) is 27.7 Å². The van der Waals surface area contributed by atoms with Gasteiger partial charge in [0, 0.05) is 0 Å². The van der Waals surface area contributed by atoms with E-state index in [9.17, 15) is 4.79 Å². The van der Waals surface area contributed by atoms with Crippen LogP contribution >= 0.6 is 0 Å². The molecule has 0 saturated heterocycles. The molecule has 80 valence electrons. The van der Waals surface area contributed by atoms with E-state index in [1.165, 1.54) is 0 Å². The van der Waals surface area contributed by atoms with E-state index in [1.54, 1.807) is 6.92 Å². The summed E-state index contributed by atoms with van der Waals surface area (Å²) in [5.41, 5.74) is 3.19. The fourth-order valence-electron chi connectivity index (χ4n) is 0.538. The van der Waals surface area contributed by atoms with Gasteiger partial charge in [0.05, 0.1) is 0 Å². The first-order valence-electron chi connectivity index (χ1n) is 4.83. The van der Waals surface area contributed by atoms with Crippen molar-refractivity contribution in [3.63, 3.8) is 0 Å². The molecule has 0 rings (SSSR count). The molecule has 14 heavy (non-hydrogen) atoms. The van der Waals surface area contributed by atoms with E-state index in [0.717, 1.165) is 0 Å². The summed E-state index contributed by atoms with van der Waals surface area (Å²) in [4.78, 5) is 10.6. The summed E-state index contributed by atoms with van der Waals surface area (Å²) in [6.07, 6.45) is 0. The molecule has 0 aliphatic heterocycles. The van der Waals surface area contributed by atoms with Crippen LogP contribution in [0.2, 0.25) is 18.1 Å². The number of carbonyl (C=O) groups is 1. The summed E-state index contributed by atoms with van der Waals surface area (Å²) in [5, 5.41) is 8.89. The molecule has 0 aromatic heterocycles. The molecule has 0 heterocycles. The summed E-state index contributed by atoms with van der Waals surface area (Å²) in [6.45, 7) is 12.5. The van der Waals surface area contributed by atoms with Crippen molar-refractivity contribution in [1.29, 1.82) is 0 Å². The minimum Gasteiger partial charge on any atom is -0.480 e. The highest BCUT2D eigenvalue weighted by Crippen LogP contribution is 2.35. The zero-order valence-electron chi connectivity index (χ0n) is 9.93. The lowest BCUT2D eigenvalue weighted by Crippen LogP contribution is -2.35. The highest BCUT2D eigenvalue weighted by molar-refractivity contribution is 6.87. The highest BCUT2D eigenvalue weighted by atomic mass is 28.3. The van der Waals surface area contributed by atoms with Gasteiger partial charge in [-0.3, -0.25) is 4.79 Å². The molecular weight excluding hydrogens is 192 g/mol. The third kappa shape index (κ3) is 3.55. The molecule has 1 atom stereocenters. The van der Waals surface area contributed by atoms with Crippen LogP contribution in [0.15, 0.2) is 0 Å². The van der Waals surface area contributed by atoms with Crippen LogP contribution in [-0.2, 0) is 4.79 Å². The molecule has 1 unspecified atom stereocenters. The maximum Gasteiger partial charge on any atom is 0.318 e. The number of hydrogen-bond acceptors (Lipinski definition) is 1. The first-order chi connectivity index (χ1) is 6.08. The predicted octanol–water partition coefficient (Wildman–Crippen LogP) is 2.76. The third-order valence-corrected chi connectivity index (χ3v) is 7.37. The molecule has 0 aromatic rings. The van der Waals surface area contributed by atoms with E-state index in [0.29, 0.717) is 0 Å². The highest BCUT2D eigenvalue weighted by Gasteiger charge is 2.33. The molecule has 0 aliphatic rings. The minimum absolute atomic E-state index is 0.193. The van der Waals surface area contributed by atoms with Gasteiger partial charge in [-0.25, -0.2) is 0 Å². The van der Waals surface area contributed by atoms with Gasteiger partial charge in [0.1, 0.15) is 14.0 Å². The van der Waals surface area contributed by atoms with Gasteiger partial charge in [0.25, 0.3) is 0 Å². The van der Waals surface area contributed by atoms with E-state index in [4.69, 9.17) is 5.11 Å². The van der Waals surface area contributed by atoms with Gasteiger partial charge in [0.15, 0.2) is 0 Å². The van der Waals surface area contributed by atoms with Gasteiger partial charge in [0.2, 0.25) is 0 Å². The Balaban J connectivity index is 4.74. The molecule has 0 bridgehead atoms. The monoisotopic (exact) mass is 212 g/mol. The van der Waals surface area contributed by atoms with Gasteiger partial charge in [-0.15, -0.1) is 5.54 Å². The van der Waals surface area contributed by atoms with Crippen molar-refractivity contribution < 1.29 is 9.90 Å². The van der Waals surface area contributed by atoms with Gasteiger partial charge >= 0.3 is 5.97 Å². The topological polar surface area (TPSA) is 37.3 Å². The van der Waals surface area contributed by atoms with Gasteiger partial charge in [-0.1, -0.05) is 39.8 Å². The first-order valence-corrected chi connectivity index (χ1v) is 7.83. The van der Waals surface area contributed by atoms with Crippen molar-refractivity contribution in [2.45, 2.75) is 45.8 Å². The van der Waals surface area contributed by atoms with Crippen LogP contribution in [0.5, 0.6) is 0 Å². The molecule has 0 amide bonds. The van der Waals surface area contributed by atoms with Gasteiger partial charge in [-0.2, -0.15) is 0 Å². The van der Waals surface area contributed by atoms with Gasteiger partial charge < -0.3 is 5.11 Å². The van der Waals surface area contributed by atoms with Crippen molar-refractivity contribution in [2.75, 3.05) is 0 Å². The SMILES string of the molecule is CC(C#C[Si](C)(C)C(C)(C)C)C(=O)O. The number of hydrogen-bond donors (Lipinski definition) is 1. The van der Waals surface area contributed by atoms with Crippen molar-refractivity contribution >= 4 is 14.0 Å². The van der Waals surface area contributed by atoms with Crippen LogP contribution in [0.3, 0.4) is 0 Å². The second kappa shape index (κ2) is 4.18. The lowest BCUT2D eigenvalue weighted by molar-refractivity contribution is -0.139. The second-order valence-corrected chi connectivity index (χ2v) is 10.2. The smallest absolute Gasteiger partial charge is 0.318 e. The fraction of sp³-hybridized carbons (Fsp3) is 0.727. The quantitative estimate of drug-likeness (QED) is 0.536. The molecule has 0 radical (unpaired) electrons. The zero-order valence-corrected chi connectivity index (χ0v) is 10.9. The molecular formula is C11H20O2Si. The maximum absolute atomic E-state index is 10.6.